The highest BCUT2D eigenvalue weighted by Gasteiger charge is 1.90. The molecule has 0 bridgehead atoms. The summed E-state index contributed by atoms with van der Waals surface area (Å²) in [7, 11) is 5.53. The minimum absolute atomic E-state index is 1.02. The van der Waals surface area contributed by atoms with E-state index in [9.17, 15) is 0 Å². The molecule has 0 aromatic heterocycles. The van der Waals surface area contributed by atoms with Crippen LogP contribution in [0.25, 0.3) is 0 Å². The molecule has 0 aliphatic heterocycles. The molecule has 1 heteroatoms. The second-order valence-corrected chi connectivity index (χ2v) is 2.04. The fourth-order valence-corrected chi connectivity index (χ4v) is 0.686. The van der Waals surface area contributed by atoms with Crippen LogP contribution in [0.4, 0.5) is 0 Å². The van der Waals surface area contributed by atoms with Crippen LogP contribution < -0.4 is 0 Å². The van der Waals surface area contributed by atoms with E-state index >= 15 is 0 Å². The highest BCUT2D eigenvalue weighted by atomic mass is 15.1. The molecule has 0 rings (SSSR count). The van der Waals surface area contributed by atoms with Crippen molar-refractivity contribution in [2.75, 3.05) is 13.1 Å². The van der Waals surface area contributed by atoms with Crippen LogP contribution >= 0.6 is 0 Å². The third kappa shape index (κ3) is 4.13. The Kier molecular flexibility index (Phi) is 5.08. The molecule has 48 valence electrons. The van der Waals surface area contributed by atoms with Crippen LogP contribution in [0.5, 0.6) is 0 Å². The fourth-order valence-electron chi connectivity index (χ4n) is 0.686. The molecule has 0 saturated carbocycles. The molecule has 0 heterocycles. The van der Waals surface area contributed by atoms with Crippen molar-refractivity contribution in [3.63, 3.8) is 0 Å². The third-order valence-corrected chi connectivity index (χ3v) is 1.02. The Morgan fingerprint density at radius 2 is 1.50 bits per heavy atom. The zero-order chi connectivity index (χ0) is 6.41. The van der Waals surface area contributed by atoms with E-state index in [1.165, 1.54) is 0 Å². The molecule has 2 radical (unpaired) electrons. The zero-order valence-electron chi connectivity index (χ0n) is 5.85. The van der Waals surface area contributed by atoms with Gasteiger partial charge in [0.1, 0.15) is 0 Å². The molecule has 0 saturated heterocycles. The van der Waals surface area contributed by atoms with Gasteiger partial charge in [-0.2, -0.15) is 0 Å². The van der Waals surface area contributed by atoms with Crippen molar-refractivity contribution in [1.82, 2.24) is 4.90 Å². The van der Waals surface area contributed by atoms with E-state index in [2.05, 4.69) is 13.8 Å². The van der Waals surface area contributed by atoms with Crippen LogP contribution in [-0.4, -0.2) is 18.0 Å². The van der Waals surface area contributed by atoms with E-state index in [1.807, 2.05) is 4.90 Å². The number of nitrogens with zero attached hydrogens (tertiary/aromatic N) is 1. The predicted molar refractivity (Wildman–Crippen MR) is 36.5 cm³/mol. The molecular weight excluding hydrogens is 98.1 g/mol. The maximum atomic E-state index is 5.53. The lowest BCUT2D eigenvalue weighted by Gasteiger charge is -2.11. The van der Waals surface area contributed by atoms with Crippen LogP contribution in [0, 0.1) is 7.05 Å². The average molecular weight is 113 g/mol. The molecule has 0 unspecified atom stereocenters. The van der Waals surface area contributed by atoms with Gasteiger partial charge in [-0.3, -0.25) is 4.90 Å². The monoisotopic (exact) mass is 113 g/mol. The van der Waals surface area contributed by atoms with E-state index in [0.717, 1.165) is 25.9 Å². The van der Waals surface area contributed by atoms with Crippen molar-refractivity contribution >= 4 is 0 Å². The van der Waals surface area contributed by atoms with E-state index in [4.69, 9.17) is 7.05 Å². The van der Waals surface area contributed by atoms with Gasteiger partial charge in [0.2, 0.25) is 0 Å². The Balaban J connectivity index is 2.92. The highest BCUT2D eigenvalue weighted by Crippen LogP contribution is 1.88. The Labute approximate surface area is 52.7 Å². The number of hydrogen-bond acceptors (Lipinski definition) is 1. The van der Waals surface area contributed by atoms with Crippen molar-refractivity contribution in [3.8, 4) is 0 Å². The highest BCUT2D eigenvalue weighted by molar-refractivity contribution is 4.50. The van der Waals surface area contributed by atoms with E-state index in [-0.39, 0.29) is 0 Å². The molecule has 1 nitrogen and oxygen atoms in total. The molecule has 0 N–H and O–H groups in total. The van der Waals surface area contributed by atoms with Gasteiger partial charge >= 0.3 is 0 Å². The Morgan fingerprint density at radius 1 is 1.12 bits per heavy atom. The van der Waals surface area contributed by atoms with Crippen molar-refractivity contribution < 1.29 is 0 Å². The topological polar surface area (TPSA) is 3.24 Å². The molecule has 8 heavy (non-hydrogen) atoms. The predicted octanol–water partition coefficient (Wildman–Crippen LogP) is 1.78. The lowest BCUT2D eigenvalue weighted by atomic mass is 10.4. The smallest absolute Gasteiger partial charge is 0.0438 e. The maximum Gasteiger partial charge on any atom is 0.0438 e. The van der Waals surface area contributed by atoms with Crippen molar-refractivity contribution in [2.24, 2.45) is 0 Å². The summed E-state index contributed by atoms with van der Waals surface area (Å²) in [5.74, 6) is 0. The Hall–Kier alpha value is -0.0400. The SMILES string of the molecule is [CH]N(CCC)CCC. The summed E-state index contributed by atoms with van der Waals surface area (Å²) < 4.78 is 0. The minimum atomic E-state index is 1.02. The summed E-state index contributed by atoms with van der Waals surface area (Å²) in [5.41, 5.74) is 0. The molecule has 0 aromatic rings. The first-order valence-corrected chi connectivity index (χ1v) is 3.30. The normalized spacial score (nSPS) is 10.5. The van der Waals surface area contributed by atoms with Crippen LogP contribution in [-0.2, 0) is 0 Å². The quantitative estimate of drug-likeness (QED) is 0.502. The molecule has 0 amide bonds. The van der Waals surface area contributed by atoms with Gasteiger partial charge in [-0.1, -0.05) is 13.8 Å². The maximum absolute atomic E-state index is 5.53. The van der Waals surface area contributed by atoms with Gasteiger partial charge in [0.05, 0.1) is 0 Å². The summed E-state index contributed by atoms with van der Waals surface area (Å²) in [6.45, 7) is 6.31. The summed E-state index contributed by atoms with van der Waals surface area (Å²) in [6.07, 6.45) is 2.30. The van der Waals surface area contributed by atoms with Gasteiger partial charge in [-0.15, -0.1) is 0 Å². The van der Waals surface area contributed by atoms with Gasteiger partial charge < -0.3 is 0 Å². The first-order valence-electron chi connectivity index (χ1n) is 3.30. The number of hydrogen-bond donors (Lipinski definition) is 0. The van der Waals surface area contributed by atoms with Gasteiger partial charge in [-0.05, 0) is 25.9 Å². The number of rotatable bonds is 4. The summed E-state index contributed by atoms with van der Waals surface area (Å²) in [4.78, 5) is 1.86. The third-order valence-electron chi connectivity index (χ3n) is 1.02. The Bertz CT molecular complexity index is 37.7. The van der Waals surface area contributed by atoms with Crippen molar-refractivity contribution in [3.05, 3.63) is 7.05 Å². The zero-order valence-corrected chi connectivity index (χ0v) is 5.85. The van der Waals surface area contributed by atoms with Crippen LogP contribution in [0.2, 0.25) is 0 Å². The molecule has 0 spiro atoms. The lowest BCUT2D eigenvalue weighted by molar-refractivity contribution is 0.370. The summed E-state index contributed by atoms with van der Waals surface area (Å²) in [6, 6.07) is 0. The average Bonchev–Trinajstić information content (AvgIpc) is 1.68. The fraction of sp³-hybridized carbons (Fsp3) is 0.857. The molecule has 0 fully saturated rings. The Morgan fingerprint density at radius 3 is 1.75 bits per heavy atom. The van der Waals surface area contributed by atoms with Crippen LogP contribution in [0.15, 0.2) is 0 Å². The molecule has 0 aromatic carbocycles. The van der Waals surface area contributed by atoms with Crippen molar-refractivity contribution in [2.45, 2.75) is 26.7 Å². The largest absolute Gasteiger partial charge is 0.297 e. The first-order chi connectivity index (χ1) is 3.81. The summed E-state index contributed by atoms with van der Waals surface area (Å²) >= 11 is 0. The van der Waals surface area contributed by atoms with Crippen LogP contribution in [0.3, 0.4) is 0 Å². The lowest BCUT2D eigenvalue weighted by Crippen LogP contribution is -2.16. The van der Waals surface area contributed by atoms with Crippen LogP contribution in [0.1, 0.15) is 26.7 Å². The van der Waals surface area contributed by atoms with E-state index < -0.39 is 0 Å². The van der Waals surface area contributed by atoms with Gasteiger partial charge in [0.25, 0.3) is 0 Å². The molecule has 0 atom stereocenters. The molecular formula is C7H15N. The van der Waals surface area contributed by atoms with Gasteiger partial charge in [0.15, 0.2) is 0 Å². The summed E-state index contributed by atoms with van der Waals surface area (Å²) in [5, 5.41) is 0. The molecule has 0 aliphatic rings. The standard InChI is InChI=1S/C7H15N/c1-4-6-8(3)7-5-2/h3H,4-7H2,1-2H3. The van der Waals surface area contributed by atoms with Crippen molar-refractivity contribution in [1.29, 1.82) is 0 Å². The second-order valence-electron chi connectivity index (χ2n) is 2.04. The van der Waals surface area contributed by atoms with Gasteiger partial charge in [-0.25, -0.2) is 0 Å². The van der Waals surface area contributed by atoms with E-state index in [1.54, 1.807) is 0 Å². The van der Waals surface area contributed by atoms with Gasteiger partial charge in [0, 0.05) is 7.05 Å². The minimum Gasteiger partial charge on any atom is -0.297 e. The van der Waals surface area contributed by atoms with E-state index in [0.29, 0.717) is 0 Å². The molecule has 0 aliphatic carbocycles. The first kappa shape index (κ1) is 7.96. The second kappa shape index (κ2) is 5.10.